The number of aliphatic hydroxyl groups is 1. The Morgan fingerprint density at radius 2 is 2.07 bits per heavy atom. The number of amides is 1. The van der Waals surface area contributed by atoms with E-state index in [4.69, 9.17) is 0 Å². The Balaban J connectivity index is 1.42. The third-order valence-electron chi connectivity index (χ3n) is 5.84. The number of rotatable bonds is 4. The molecular weight excluding hydrogens is 344 g/mol. The molecule has 2 aromatic heterocycles. The summed E-state index contributed by atoms with van der Waals surface area (Å²) in [6.07, 6.45) is 7.02. The molecule has 4 rings (SSSR count). The predicted molar refractivity (Wildman–Crippen MR) is 100 cm³/mol. The number of carbonyl (C=O) groups excluding carboxylic acids is 1. The highest BCUT2D eigenvalue weighted by Gasteiger charge is 2.29. The molecule has 0 aromatic carbocycles. The average molecular weight is 372 g/mol. The number of carbonyl (C=O) groups is 1. The van der Waals surface area contributed by atoms with Crippen molar-refractivity contribution in [3.63, 3.8) is 0 Å². The first-order valence-electron chi connectivity index (χ1n) is 9.82. The van der Waals surface area contributed by atoms with Crippen molar-refractivity contribution in [1.82, 2.24) is 29.5 Å². The number of piperidine rings is 2. The molecule has 1 amide bonds. The lowest BCUT2D eigenvalue weighted by Crippen LogP contribution is -2.39. The fourth-order valence-electron chi connectivity index (χ4n) is 4.16. The van der Waals surface area contributed by atoms with Gasteiger partial charge in [0, 0.05) is 51.5 Å². The maximum atomic E-state index is 12.7. The standard InChI is InChI=1S/C19H28N6O2/c1-23-17(13-24-9-5-16(26)6-10-24)21-22-18(23)15-3-2-8-25(12-15)19(27)14-4-7-20-11-14/h4,7,11,15-16,20,26H,2-3,5-6,8-10,12-13H2,1H3. The van der Waals surface area contributed by atoms with Crippen molar-refractivity contribution in [1.29, 1.82) is 0 Å². The van der Waals surface area contributed by atoms with Gasteiger partial charge in [-0.25, -0.2) is 0 Å². The van der Waals surface area contributed by atoms with Crippen LogP contribution in [-0.4, -0.2) is 72.8 Å². The van der Waals surface area contributed by atoms with E-state index in [9.17, 15) is 9.90 Å². The van der Waals surface area contributed by atoms with E-state index in [0.29, 0.717) is 12.1 Å². The Kier molecular flexibility index (Phi) is 5.27. The molecule has 2 aliphatic rings. The van der Waals surface area contributed by atoms with Gasteiger partial charge in [0.05, 0.1) is 18.2 Å². The van der Waals surface area contributed by atoms with E-state index < -0.39 is 0 Å². The van der Waals surface area contributed by atoms with Crippen molar-refractivity contribution in [2.24, 2.45) is 7.05 Å². The van der Waals surface area contributed by atoms with E-state index in [-0.39, 0.29) is 17.9 Å². The number of nitrogens with zero attached hydrogens (tertiary/aromatic N) is 5. The van der Waals surface area contributed by atoms with Crippen LogP contribution in [0.3, 0.4) is 0 Å². The van der Waals surface area contributed by atoms with Gasteiger partial charge in [0.1, 0.15) is 11.6 Å². The Labute approximate surface area is 159 Å². The van der Waals surface area contributed by atoms with Gasteiger partial charge in [-0.2, -0.15) is 0 Å². The summed E-state index contributed by atoms with van der Waals surface area (Å²) in [7, 11) is 2.02. The number of likely N-dealkylation sites (tertiary alicyclic amines) is 2. The molecule has 0 saturated carbocycles. The molecule has 27 heavy (non-hydrogen) atoms. The SMILES string of the molecule is Cn1c(CN2CCC(O)CC2)nnc1C1CCCN(C(=O)c2cc[nH]c2)C1. The highest BCUT2D eigenvalue weighted by atomic mass is 16.3. The second-order valence-corrected chi connectivity index (χ2v) is 7.73. The largest absolute Gasteiger partial charge is 0.393 e. The van der Waals surface area contributed by atoms with Crippen LogP contribution in [0.15, 0.2) is 18.5 Å². The lowest BCUT2D eigenvalue weighted by atomic mass is 9.96. The summed E-state index contributed by atoms with van der Waals surface area (Å²) in [5.74, 6) is 2.22. The van der Waals surface area contributed by atoms with Gasteiger partial charge in [-0.15, -0.1) is 10.2 Å². The maximum absolute atomic E-state index is 12.7. The van der Waals surface area contributed by atoms with E-state index in [1.165, 1.54) is 0 Å². The van der Waals surface area contributed by atoms with Crippen molar-refractivity contribution in [2.75, 3.05) is 26.2 Å². The zero-order valence-electron chi connectivity index (χ0n) is 15.8. The van der Waals surface area contributed by atoms with Crippen LogP contribution in [0.1, 0.15) is 53.6 Å². The first-order chi connectivity index (χ1) is 13.1. The fraction of sp³-hybridized carbons (Fsp3) is 0.632. The quantitative estimate of drug-likeness (QED) is 0.839. The normalized spacial score (nSPS) is 22.3. The Morgan fingerprint density at radius 1 is 1.26 bits per heavy atom. The summed E-state index contributed by atoms with van der Waals surface area (Å²) in [6.45, 7) is 4.03. The molecule has 0 radical (unpaired) electrons. The van der Waals surface area contributed by atoms with Gasteiger partial charge in [-0.1, -0.05) is 0 Å². The molecule has 2 saturated heterocycles. The molecule has 4 heterocycles. The van der Waals surface area contributed by atoms with Gasteiger partial charge in [-0.05, 0) is 31.7 Å². The number of H-pyrrole nitrogens is 1. The van der Waals surface area contributed by atoms with E-state index in [0.717, 1.165) is 63.5 Å². The highest BCUT2D eigenvalue weighted by Crippen LogP contribution is 2.27. The second-order valence-electron chi connectivity index (χ2n) is 7.73. The predicted octanol–water partition coefficient (Wildman–Crippen LogP) is 1.12. The summed E-state index contributed by atoms with van der Waals surface area (Å²) < 4.78 is 2.10. The van der Waals surface area contributed by atoms with Crippen molar-refractivity contribution < 1.29 is 9.90 Å². The monoisotopic (exact) mass is 372 g/mol. The molecule has 1 unspecified atom stereocenters. The van der Waals surface area contributed by atoms with Crippen molar-refractivity contribution in [3.8, 4) is 0 Å². The molecule has 8 nitrogen and oxygen atoms in total. The van der Waals surface area contributed by atoms with Gasteiger partial charge < -0.3 is 19.6 Å². The number of aromatic amines is 1. The molecule has 2 fully saturated rings. The second kappa shape index (κ2) is 7.82. The fourth-order valence-corrected chi connectivity index (χ4v) is 4.16. The van der Waals surface area contributed by atoms with Gasteiger partial charge >= 0.3 is 0 Å². The summed E-state index contributed by atoms with van der Waals surface area (Å²) in [6, 6.07) is 1.82. The smallest absolute Gasteiger partial charge is 0.255 e. The highest BCUT2D eigenvalue weighted by molar-refractivity contribution is 5.94. The Morgan fingerprint density at radius 3 is 2.81 bits per heavy atom. The van der Waals surface area contributed by atoms with Crippen LogP contribution in [0.4, 0.5) is 0 Å². The number of nitrogens with one attached hydrogen (secondary N) is 1. The van der Waals surface area contributed by atoms with Crippen LogP contribution in [0, 0.1) is 0 Å². The number of hydrogen-bond donors (Lipinski definition) is 2. The van der Waals surface area contributed by atoms with Crippen LogP contribution >= 0.6 is 0 Å². The van der Waals surface area contributed by atoms with Crippen molar-refractivity contribution >= 4 is 5.91 Å². The lowest BCUT2D eigenvalue weighted by Gasteiger charge is -2.32. The molecule has 2 N–H and O–H groups in total. The van der Waals surface area contributed by atoms with Gasteiger partial charge in [0.2, 0.25) is 0 Å². The zero-order valence-corrected chi connectivity index (χ0v) is 15.8. The molecule has 0 bridgehead atoms. The van der Waals surface area contributed by atoms with Crippen molar-refractivity contribution in [2.45, 2.75) is 44.2 Å². The van der Waals surface area contributed by atoms with E-state index in [1.54, 1.807) is 12.4 Å². The Bertz CT molecular complexity index is 763. The number of aliphatic hydroxyl groups excluding tert-OH is 1. The molecule has 8 heteroatoms. The molecule has 0 spiro atoms. The van der Waals surface area contributed by atoms with Crippen LogP contribution in [0.2, 0.25) is 0 Å². The topological polar surface area (TPSA) is 90.3 Å². The number of aromatic nitrogens is 4. The van der Waals surface area contributed by atoms with Crippen LogP contribution in [0.5, 0.6) is 0 Å². The van der Waals surface area contributed by atoms with E-state index in [1.807, 2.05) is 18.0 Å². The third kappa shape index (κ3) is 3.91. The first kappa shape index (κ1) is 18.2. The molecular formula is C19H28N6O2. The minimum absolute atomic E-state index is 0.0789. The van der Waals surface area contributed by atoms with E-state index >= 15 is 0 Å². The number of hydrogen-bond acceptors (Lipinski definition) is 5. The summed E-state index contributed by atoms with van der Waals surface area (Å²) >= 11 is 0. The van der Waals surface area contributed by atoms with Crippen molar-refractivity contribution in [3.05, 3.63) is 35.7 Å². The molecule has 1 atom stereocenters. The molecule has 2 aromatic rings. The maximum Gasteiger partial charge on any atom is 0.255 e. The van der Waals surface area contributed by atoms with Gasteiger partial charge in [0.15, 0.2) is 0 Å². The van der Waals surface area contributed by atoms with Gasteiger partial charge in [-0.3, -0.25) is 9.69 Å². The molecule has 146 valence electrons. The minimum Gasteiger partial charge on any atom is -0.393 e. The average Bonchev–Trinajstić information content (AvgIpc) is 3.34. The lowest BCUT2D eigenvalue weighted by molar-refractivity contribution is 0.0702. The zero-order chi connectivity index (χ0) is 18.8. The third-order valence-corrected chi connectivity index (χ3v) is 5.84. The molecule has 2 aliphatic heterocycles. The Hall–Kier alpha value is -2.19. The summed E-state index contributed by atoms with van der Waals surface area (Å²) in [4.78, 5) is 19.9. The van der Waals surface area contributed by atoms with Crippen LogP contribution in [0.25, 0.3) is 0 Å². The van der Waals surface area contributed by atoms with E-state index in [2.05, 4.69) is 24.6 Å². The van der Waals surface area contributed by atoms with Gasteiger partial charge in [0.25, 0.3) is 5.91 Å². The minimum atomic E-state index is -0.165. The summed E-state index contributed by atoms with van der Waals surface area (Å²) in [5.41, 5.74) is 0.710. The molecule has 0 aliphatic carbocycles. The summed E-state index contributed by atoms with van der Waals surface area (Å²) in [5, 5.41) is 18.6. The first-order valence-corrected chi connectivity index (χ1v) is 9.82. The van der Waals surface area contributed by atoms with Crippen LogP contribution < -0.4 is 0 Å². The van der Waals surface area contributed by atoms with Crippen LogP contribution in [-0.2, 0) is 13.6 Å².